The second-order valence-electron chi connectivity index (χ2n) is 7.05. The molecular weight excluding hydrogens is 252 g/mol. The van der Waals surface area contributed by atoms with Crippen molar-refractivity contribution in [3.63, 3.8) is 0 Å². The normalized spacial score (nSPS) is 27.9. The van der Waals surface area contributed by atoms with Crippen molar-refractivity contribution < 1.29 is 9.90 Å². The number of nitrogens with one attached hydrogen (secondary N) is 1. The summed E-state index contributed by atoms with van der Waals surface area (Å²) in [4.78, 5) is 13.4. The first-order chi connectivity index (χ1) is 9.54. The summed E-state index contributed by atoms with van der Waals surface area (Å²) in [6, 6.07) is 1.35. The molecule has 20 heavy (non-hydrogen) atoms. The minimum atomic E-state index is -0.655. The van der Waals surface area contributed by atoms with Crippen molar-refractivity contribution in [2.24, 2.45) is 11.8 Å². The third kappa shape index (κ3) is 5.41. The van der Waals surface area contributed by atoms with Crippen molar-refractivity contribution in [1.29, 1.82) is 0 Å². The van der Waals surface area contributed by atoms with Gasteiger partial charge in [0.2, 0.25) is 0 Å². The molecule has 1 heterocycles. The van der Waals surface area contributed by atoms with Crippen LogP contribution in [0.15, 0.2) is 0 Å². The van der Waals surface area contributed by atoms with Gasteiger partial charge >= 0.3 is 5.97 Å². The van der Waals surface area contributed by atoms with Gasteiger partial charge in [0.15, 0.2) is 0 Å². The van der Waals surface area contributed by atoms with Crippen LogP contribution in [0.25, 0.3) is 0 Å². The fraction of sp³-hybridized carbons (Fsp3) is 0.938. The average molecular weight is 282 g/mol. The molecule has 1 aliphatic heterocycles. The summed E-state index contributed by atoms with van der Waals surface area (Å²) in [6.45, 7) is 7.88. The van der Waals surface area contributed by atoms with E-state index in [2.05, 4.69) is 24.1 Å². The van der Waals surface area contributed by atoms with E-state index in [4.69, 9.17) is 5.11 Å². The van der Waals surface area contributed by atoms with E-state index >= 15 is 0 Å². The zero-order valence-corrected chi connectivity index (χ0v) is 13.0. The molecule has 2 fully saturated rings. The fourth-order valence-corrected chi connectivity index (χ4v) is 3.24. The second-order valence-corrected chi connectivity index (χ2v) is 7.05. The van der Waals surface area contributed by atoms with Crippen molar-refractivity contribution in [3.8, 4) is 0 Å². The fourth-order valence-electron chi connectivity index (χ4n) is 3.24. The van der Waals surface area contributed by atoms with Gasteiger partial charge in [0.05, 0.1) is 0 Å². The van der Waals surface area contributed by atoms with Gasteiger partial charge in [-0.25, -0.2) is 0 Å². The van der Waals surface area contributed by atoms with E-state index < -0.39 is 5.97 Å². The van der Waals surface area contributed by atoms with Gasteiger partial charge in [-0.15, -0.1) is 0 Å². The van der Waals surface area contributed by atoms with Crippen LogP contribution in [-0.4, -0.2) is 47.7 Å². The Morgan fingerprint density at radius 3 is 2.70 bits per heavy atom. The molecule has 1 aliphatic carbocycles. The molecule has 0 aromatic heterocycles. The Hall–Kier alpha value is -0.610. The van der Waals surface area contributed by atoms with Crippen molar-refractivity contribution in [3.05, 3.63) is 0 Å². The van der Waals surface area contributed by atoms with Crippen molar-refractivity contribution >= 4 is 5.97 Å². The van der Waals surface area contributed by atoms with E-state index in [0.717, 1.165) is 44.4 Å². The van der Waals surface area contributed by atoms with Crippen LogP contribution < -0.4 is 5.32 Å². The number of aliphatic carboxylic acids is 1. The average Bonchev–Trinajstić information content (AvgIpc) is 3.20. The lowest BCUT2D eigenvalue weighted by molar-refractivity contribution is -0.137. The largest absolute Gasteiger partial charge is 0.481 e. The Morgan fingerprint density at radius 2 is 2.10 bits per heavy atom. The van der Waals surface area contributed by atoms with Crippen LogP contribution in [0.3, 0.4) is 0 Å². The second kappa shape index (κ2) is 7.41. The topological polar surface area (TPSA) is 52.6 Å². The van der Waals surface area contributed by atoms with E-state index in [9.17, 15) is 4.79 Å². The van der Waals surface area contributed by atoms with Crippen molar-refractivity contribution in [2.45, 2.75) is 64.5 Å². The molecule has 116 valence electrons. The number of rotatable bonds is 8. The van der Waals surface area contributed by atoms with E-state index in [-0.39, 0.29) is 0 Å². The molecule has 2 atom stereocenters. The van der Waals surface area contributed by atoms with Crippen LogP contribution in [0.2, 0.25) is 0 Å². The number of likely N-dealkylation sites (tertiary alicyclic amines) is 1. The molecule has 2 rings (SSSR count). The molecule has 1 saturated carbocycles. The van der Waals surface area contributed by atoms with E-state index in [1.165, 1.54) is 19.3 Å². The lowest BCUT2D eigenvalue weighted by Crippen LogP contribution is -2.50. The van der Waals surface area contributed by atoms with Crippen LogP contribution >= 0.6 is 0 Å². The smallest absolute Gasteiger partial charge is 0.303 e. The Bertz CT molecular complexity index is 316. The van der Waals surface area contributed by atoms with Gasteiger partial charge in [-0.3, -0.25) is 9.69 Å². The minimum absolute atomic E-state index is 0.321. The summed E-state index contributed by atoms with van der Waals surface area (Å²) in [6.07, 6.45) is 6.20. The van der Waals surface area contributed by atoms with Crippen LogP contribution in [0, 0.1) is 11.8 Å². The third-order valence-corrected chi connectivity index (χ3v) is 4.55. The summed E-state index contributed by atoms with van der Waals surface area (Å²) < 4.78 is 0. The first-order valence-corrected chi connectivity index (χ1v) is 8.23. The maximum atomic E-state index is 10.8. The van der Waals surface area contributed by atoms with E-state index in [0.29, 0.717) is 18.4 Å². The number of carboxylic acid groups (broad SMARTS) is 1. The number of hydrogen-bond donors (Lipinski definition) is 2. The summed E-state index contributed by atoms with van der Waals surface area (Å²) in [5, 5.41) is 12.6. The quantitative estimate of drug-likeness (QED) is 0.717. The highest BCUT2D eigenvalue weighted by Gasteiger charge is 2.35. The van der Waals surface area contributed by atoms with Gasteiger partial charge in [-0.1, -0.05) is 13.8 Å². The van der Waals surface area contributed by atoms with Gasteiger partial charge < -0.3 is 10.4 Å². The van der Waals surface area contributed by atoms with Gasteiger partial charge in [-0.05, 0) is 50.5 Å². The summed E-state index contributed by atoms with van der Waals surface area (Å²) in [5.41, 5.74) is 0. The standard InChI is InChI=1S/C16H30N2O2/c1-12(2)7-8-17-14-9-13(3-6-16(19)20)10-18(11-14)15-4-5-15/h12-15,17H,3-11H2,1-2H3,(H,19,20). The molecule has 4 heteroatoms. The molecule has 2 unspecified atom stereocenters. The van der Waals surface area contributed by atoms with Crippen LogP contribution in [0.4, 0.5) is 0 Å². The van der Waals surface area contributed by atoms with Crippen LogP contribution in [0.5, 0.6) is 0 Å². The predicted octanol–water partition coefficient (Wildman–Crippen LogP) is 2.34. The molecule has 0 spiro atoms. The number of hydrogen-bond acceptors (Lipinski definition) is 3. The lowest BCUT2D eigenvalue weighted by atomic mass is 9.90. The molecule has 2 N–H and O–H groups in total. The first-order valence-electron chi connectivity index (χ1n) is 8.23. The number of nitrogens with zero attached hydrogens (tertiary/aromatic N) is 1. The van der Waals surface area contributed by atoms with Gasteiger partial charge in [-0.2, -0.15) is 0 Å². The van der Waals surface area contributed by atoms with Crippen molar-refractivity contribution in [1.82, 2.24) is 10.2 Å². The van der Waals surface area contributed by atoms with Crippen LogP contribution in [-0.2, 0) is 4.79 Å². The Kier molecular flexibility index (Phi) is 5.85. The van der Waals surface area contributed by atoms with Gasteiger partial charge in [0, 0.05) is 31.6 Å². The van der Waals surface area contributed by atoms with E-state index in [1.807, 2.05) is 0 Å². The van der Waals surface area contributed by atoms with Gasteiger partial charge in [0.25, 0.3) is 0 Å². The summed E-state index contributed by atoms with van der Waals surface area (Å²) in [7, 11) is 0. The number of piperidine rings is 1. The van der Waals surface area contributed by atoms with E-state index in [1.54, 1.807) is 0 Å². The predicted molar refractivity (Wildman–Crippen MR) is 80.8 cm³/mol. The zero-order chi connectivity index (χ0) is 14.5. The number of carbonyl (C=O) groups is 1. The summed E-state index contributed by atoms with van der Waals surface area (Å²) >= 11 is 0. The third-order valence-electron chi connectivity index (χ3n) is 4.55. The van der Waals surface area contributed by atoms with Crippen molar-refractivity contribution in [2.75, 3.05) is 19.6 Å². The Morgan fingerprint density at radius 1 is 1.35 bits per heavy atom. The highest BCUT2D eigenvalue weighted by Crippen LogP contribution is 2.32. The van der Waals surface area contributed by atoms with Crippen LogP contribution in [0.1, 0.15) is 52.4 Å². The monoisotopic (exact) mass is 282 g/mol. The highest BCUT2D eigenvalue weighted by molar-refractivity contribution is 5.66. The summed E-state index contributed by atoms with van der Waals surface area (Å²) in [5.74, 6) is 0.642. The van der Waals surface area contributed by atoms with Gasteiger partial charge in [0.1, 0.15) is 0 Å². The zero-order valence-electron chi connectivity index (χ0n) is 13.0. The maximum Gasteiger partial charge on any atom is 0.303 e. The Labute approximate surface area is 122 Å². The minimum Gasteiger partial charge on any atom is -0.481 e. The maximum absolute atomic E-state index is 10.8. The molecule has 4 nitrogen and oxygen atoms in total. The number of carboxylic acids is 1. The molecular formula is C16H30N2O2. The molecule has 0 aromatic carbocycles. The molecule has 0 radical (unpaired) electrons. The first kappa shape index (κ1) is 15.8. The molecule has 2 aliphatic rings. The molecule has 1 saturated heterocycles. The lowest BCUT2D eigenvalue weighted by Gasteiger charge is -2.38. The molecule has 0 aromatic rings. The molecule has 0 amide bonds. The molecule has 0 bridgehead atoms. The SMILES string of the molecule is CC(C)CCNC1CC(CCC(=O)O)CN(C2CC2)C1. The Balaban J connectivity index is 1.78. The highest BCUT2D eigenvalue weighted by atomic mass is 16.4.